The first kappa shape index (κ1) is 60.0. The molecule has 5 aliphatic carbocycles. The molecular formula is C62H64IN15O9. The summed E-state index contributed by atoms with van der Waals surface area (Å²) < 4.78 is 1.21. The Kier molecular flexibility index (Phi) is 18.6. The normalized spacial score (nSPS) is 14.0. The van der Waals surface area contributed by atoms with Gasteiger partial charge in [-0.3, -0.25) is 0 Å². The number of aromatic nitrogens is 15. The predicted molar refractivity (Wildman–Crippen MR) is 326 cm³/mol. The fourth-order valence-electron chi connectivity index (χ4n) is 12.1. The lowest BCUT2D eigenvalue weighted by atomic mass is 10.1. The van der Waals surface area contributed by atoms with Crippen molar-refractivity contribution in [3.63, 3.8) is 0 Å². The van der Waals surface area contributed by atoms with Crippen molar-refractivity contribution in [2.45, 2.75) is 141 Å². The smallest absolute Gasteiger partial charge is 0.377 e. The van der Waals surface area contributed by atoms with E-state index in [4.69, 9.17) is 10.2 Å². The number of aryl methyl sites for hydroxylation is 13. The molecule has 87 heavy (non-hydrogen) atoms. The summed E-state index contributed by atoms with van der Waals surface area (Å²) in [5.74, 6) is 1.63. The van der Waals surface area contributed by atoms with Crippen LogP contribution in [0.25, 0.3) is 55.2 Å². The van der Waals surface area contributed by atoms with E-state index in [1.807, 2.05) is 77.2 Å². The number of rotatable bonds is 11. The zero-order valence-corrected chi connectivity index (χ0v) is 50.1. The minimum Gasteiger partial charge on any atom is -0.710 e. The van der Waals surface area contributed by atoms with Crippen molar-refractivity contribution in [1.29, 1.82) is 0 Å². The third kappa shape index (κ3) is 13.5. The van der Waals surface area contributed by atoms with Crippen LogP contribution < -0.4 is 29.0 Å². The SMILES string of the molecule is C=CCc1nc2cc3c(cc2[n+]([O-])n1)CCC3.O=CCCc1nc2cc3c(cc2[n+]([O-])n1)CCC3.[O-][n+]1nc(CCCO)[n+]([O-])c2cc3c(cc21)CCC3.[O-][n+]1nc(CCCO)nc2cc3c(cc21)CCC3.[O-][n+]1nc(I)nc2cc3c(cc21)CCC3. The fraction of sp³-hybridized carbons (Fsp3) is 0.387. The van der Waals surface area contributed by atoms with Crippen LogP contribution in [0.1, 0.15) is 130 Å². The second-order valence-corrected chi connectivity index (χ2v) is 23.2. The molecule has 0 aliphatic heterocycles. The summed E-state index contributed by atoms with van der Waals surface area (Å²) in [4.78, 5) is 30.9. The second kappa shape index (κ2) is 26.9. The van der Waals surface area contributed by atoms with Gasteiger partial charge in [0.15, 0.2) is 11.6 Å². The van der Waals surface area contributed by atoms with Gasteiger partial charge in [-0.25, -0.2) is 24.7 Å². The van der Waals surface area contributed by atoms with Gasteiger partial charge in [-0.2, -0.15) is 0 Å². The molecule has 5 heterocycles. The summed E-state index contributed by atoms with van der Waals surface area (Å²) in [7, 11) is 0. The van der Waals surface area contributed by atoms with Crippen LogP contribution in [0.4, 0.5) is 0 Å². The van der Waals surface area contributed by atoms with Crippen molar-refractivity contribution >= 4 is 84.0 Å². The van der Waals surface area contributed by atoms with E-state index >= 15 is 0 Å². The number of benzene rings is 5. The average molecular weight is 1290 g/mol. The molecule has 0 atom stereocenters. The Morgan fingerprint density at radius 2 is 0.759 bits per heavy atom. The summed E-state index contributed by atoms with van der Waals surface area (Å²) in [6.07, 6.45) is 21.7. The first-order valence-corrected chi connectivity index (χ1v) is 30.7. The highest BCUT2D eigenvalue weighted by molar-refractivity contribution is 14.1. The molecule has 0 unspecified atom stereocenters. The Morgan fingerprint density at radius 1 is 0.425 bits per heavy atom. The van der Waals surface area contributed by atoms with Gasteiger partial charge in [0.2, 0.25) is 16.4 Å². The molecule has 5 aliphatic rings. The molecule has 15 rings (SSSR count). The third-order valence-electron chi connectivity index (χ3n) is 16.3. The molecule has 2 N–H and O–H groups in total. The van der Waals surface area contributed by atoms with E-state index in [1.165, 1.54) is 50.9 Å². The highest BCUT2D eigenvalue weighted by Gasteiger charge is 2.26. The Bertz CT molecular complexity index is 4290. The molecule has 0 fully saturated rings. The van der Waals surface area contributed by atoms with Crippen LogP contribution in [0.15, 0.2) is 73.3 Å². The van der Waals surface area contributed by atoms with Crippen molar-refractivity contribution in [3.05, 3.63) is 187 Å². The van der Waals surface area contributed by atoms with Crippen molar-refractivity contribution in [3.8, 4) is 0 Å². The Labute approximate surface area is 512 Å². The number of carbonyl (C=O) groups is 1. The fourth-order valence-corrected chi connectivity index (χ4v) is 12.5. The van der Waals surface area contributed by atoms with E-state index < -0.39 is 0 Å². The minimum absolute atomic E-state index is 0.0250. The van der Waals surface area contributed by atoms with E-state index in [0.29, 0.717) is 135 Å². The predicted octanol–water partition coefficient (Wildman–Crippen LogP) is 4.31. The van der Waals surface area contributed by atoms with Gasteiger partial charge >= 0.3 is 11.3 Å². The van der Waals surface area contributed by atoms with Crippen molar-refractivity contribution in [2.24, 2.45) is 0 Å². The van der Waals surface area contributed by atoms with Crippen molar-refractivity contribution in [2.75, 3.05) is 13.2 Å². The second-order valence-electron chi connectivity index (χ2n) is 22.2. The molecule has 0 bridgehead atoms. The lowest BCUT2D eigenvalue weighted by molar-refractivity contribution is -0.685. The van der Waals surface area contributed by atoms with Gasteiger partial charge in [0.25, 0.3) is 25.9 Å². The molecule has 0 spiro atoms. The molecule has 0 radical (unpaired) electrons. The number of aldehydes is 1. The lowest BCUT2D eigenvalue weighted by Gasteiger charge is -2.08. The number of aliphatic hydroxyl groups is 2. The minimum atomic E-state index is -0.0250. The Morgan fingerprint density at radius 3 is 1.17 bits per heavy atom. The highest BCUT2D eigenvalue weighted by atomic mass is 127. The zero-order chi connectivity index (χ0) is 60.7. The average Bonchev–Trinajstić information content (AvgIpc) is 4.37. The maximum atomic E-state index is 12.2. The number of allylic oxidation sites excluding steroid dienone is 1. The number of nitrogens with zero attached hydrogens (tertiary/aromatic N) is 15. The first-order valence-electron chi connectivity index (χ1n) is 29.6. The molecule has 0 saturated heterocycles. The largest absolute Gasteiger partial charge is 0.710 e. The van der Waals surface area contributed by atoms with Crippen molar-refractivity contribution in [1.82, 2.24) is 45.4 Å². The molecule has 5 aromatic carbocycles. The molecule has 24 nitrogen and oxygen atoms in total. The van der Waals surface area contributed by atoms with E-state index in [1.54, 1.807) is 12.1 Å². The number of carbonyl (C=O) groups excluding carboxylic acids is 1. The van der Waals surface area contributed by atoms with E-state index in [9.17, 15) is 36.0 Å². The lowest BCUT2D eigenvalue weighted by Crippen LogP contribution is -2.45. The van der Waals surface area contributed by atoms with Gasteiger partial charge in [0.05, 0.1) is 11.3 Å². The van der Waals surface area contributed by atoms with E-state index in [0.717, 1.165) is 123 Å². The summed E-state index contributed by atoms with van der Waals surface area (Å²) in [6, 6.07) is 19.3. The number of aliphatic hydroxyl groups excluding tert-OH is 2. The summed E-state index contributed by atoms with van der Waals surface area (Å²) >= 11 is 1.96. The van der Waals surface area contributed by atoms with Gasteiger partial charge in [0.1, 0.15) is 28.4 Å². The standard InChI is InChI=1S/C13H15N3O3.C13H15N3O2.C13H13N3O2.C13H13N3O.C10H8IN3O/c17-6-2-5-13-14-16(19)12-8-10-4-1-3-9(10)7-11(12)15(13)18;2*17-6-2-5-13-14-11-7-9-3-1-4-10(9)8-12(11)16(18)15-13;1-2-4-13-14-11-7-9-5-3-6-10(9)8-12(11)16(17)15-13;11-10-12-8-4-6-2-1-3-7(6)5-9(8)14(15)13-10/h7-8,17H,1-6H2;7-8,17H,1-6H2;6-8H,1-5H2;2,7-8H,1,3-6H2;4-5H,1-3H2. The maximum absolute atomic E-state index is 12.2. The zero-order valence-electron chi connectivity index (χ0n) is 47.9. The van der Waals surface area contributed by atoms with Crippen LogP contribution >= 0.6 is 22.6 Å². The molecule has 5 aromatic heterocycles. The van der Waals surface area contributed by atoms with Crippen LogP contribution in [0, 0.1) is 35.1 Å². The summed E-state index contributed by atoms with van der Waals surface area (Å²) in [5.41, 5.74) is 18.3. The van der Waals surface area contributed by atoms with Gasteiger partial charge in [0, 0.05) is 112 Å². The number of hydrogen-bond acceptors (Lipinski definition) is 18. The van der Waals surface area contributed by atoms with Crippen molar-refractivity contribution < 1.29 is 44.0 Å². The summed E-state index contributed by atoms with van der Waals surface area (Å²) in [6.45, 7) is 3.69. The van der Waals surface area contributed by atoms with Crippen LogP contribution in [0.5, 0.6) is 0 Å². The molecule has 0 saturated carbocycles. The van der Waals surface area contributed by atoms with Gasteiger partial charge in [-0.15, -0.1) is 6.58 Å². The van der Waals surface area contributed by atoms with Gasteiger partial charge in [-0.1, -0.05) is 6.08 Å². The van der Waals surface area contributed by atoms with E-state index in [-0.39, 0.29) is 19.0 Å². The molecule has 10 aromatic rings. The molecule has 25 heteroatoms. The topological polar surface area (TPSA) is 335 Å². The summed E-state index contributed by atoms with van der Waals surface area (Å²) in [5, 5.41) is 108. The number of halogens is 1. The first-order chi connectivity index (χ1) is 42.3. The van der Waals surface area contributed by atoms with Crippen LogP contribution in [0.3, 0.4) is 0 Å². The number of hydrogen-bond donors (Lipinski definition) is 2. The van der Waals surface area contributed by atoms with Gasteiger partial charge in [-0.05, 0) is 215 Å². The van der Waals surface area contributed by atoms with Crippen LogP contribution in [-0.2, 0) is 94.7 Å². The van der Waals surface area contributed by atoms with E-state index in [2.05, 4.69) is 52.0 Å². The molecule has 448 valence electrons. The number of fused-ring (bicyclic) bond motifs is 10. The monoisotopic (exact) mass is 1290 g/mol. The van der Waals surface area contributed by atoms with Crippen LogP contribution in [0.2, 0.25) is 0 Å². The molecular weight excluding hydrogens is 1230 g/mol. The maximum Gasteiger partial charge on any atom is 0.377 e. The Balaban J connectivity index is 0.000000113. The Hall–Kier alpha value is -8.69. The molecule has 0 amide bonds. The quantitative estimate of drug-likeness (QED) is 0.0599. The highest BCUT2D eigenvalue weighted by Crippen LogP contribution is 2.29. The van der Waals surface area contributed by atoms with Gasteiger partial charge < -0.3 is 46.3 Å². The third-order valence-corrected chi connectivity index (χ3v) is 16.8. The van der Waals surface area contributed by atoms with Crippen LogP contribution in [-0.4, -0.2) is 75.1 Å².